The number of carbonyl (C=O) groups excluding carboxylic acids is 2. The Morgan fingerprint density at radius 2 is 1.95 bits per heavy atom. The van der Waals surface area contributed by atoms with E-state index in [1.54, 1.807) is 0 Å². The van der Waals surface area contributed by atoms with Crippen molar-refractivity contribution in [2.24, 2.45) is 17.6 Å². The normalized spacial score (nSPS) is 29.8. The van der Waals surface area contributed by atoms with Gasteiger partial charge in [-0.2, -0.15) is 0 Å². The van der Waals surface area contributed by atoms with E-state index in [0.29, 0.717) is 6.54 Å². The van der Waals surface area contributed by atoms with Crippen molar-refractivity contribution in [3.8, 4) is 0 Å². The molecule has 0 saturated carbocycles. The monoisotopic (exact) mass is 570 g/mol. The Hall–Kier alpha value is -3.08. The highest BCUT2D eigenvalue weighted by molar-refractivity contribution is 5.91. The lowest BCUT2D eigenvalue weighted by atomic mass is 9.94. The number of nitrogens with one attached hydrogen (secondary N) is 2. The summed E-state index contributed by atoms with van der Waals surface area (Å²) in [7, 11) is 0. The second-order valence-corrected chi connectivity index (χ2v) is 9.93. The van der Waals surface area contributed by atoms with Gasteiger partial charge in [0, 0.05) is 24.7 Å². The molecule has 2 aliphatic rings. The number of aromatic nitrogens is 2. The largest absolute Gasteiger partial charge is 0.456 e. The Morgan fingerprint density at radius 3 is 2.55 bits per heavy atom. The summed E-state index contributed by atoms with van der Waals surface area (Å²) in [4.78, 5) is 50.9. The SMILES string of the molecule is CCCCC(CC)CNC(=O)C1=C[C@H](O)[C@H](O)[C@@H](O[C@@H](C(N)=O)[C@H]2O[C@@H](n3ccc(=O)[nH]c3=O)[C@H](O)[C@@H]2CO)O1. The Balaban J connectivity index is 1.77. The first-order valence-corrected chi connectivity index (χ1v) is 13.3. The lowest BCUT2D eigenvalue weighted by molar-refractivity contribution is -0.239. The highest BCUT2D eigenvalue weighted by atomic mass is 16.7. The predicted octanol–water partition coefficient (Wildman–Crippen LogP) is -2.43. The van der Waals surface area contributed by atoms with E-state index in [-0.39, 0.29) is 11.7 Å². The summed E-state index contributed by atoms with van der Waals surface area (Å²) in [5, 5.41) is 44.3. The molecule has 0 radical (unpaired) electrons. The van der Waals surface area contributed by atoms with Gasteiger partial charge in [-0.1, -0.05) is 33.1 Å². The predicted molar refractivity (Wildman–Crippen MR) is 137 cm³/mol. The average Bonchev–Trinajstić information content (AvgIpc) is 3.24. The van der Waals surface area contributed by atoms with Gasteiger partial charge in [-0.3, -0.25) is 23.9 Å². The molecule has 0 spiro atoms. The van der Waals surface area contributed by atoms with Gasteiger partial charge in [-0.25, -0.2) is 4.79 Å². The van der Waals surface area contributed by atoms with Crippen LogP contribution < -0.4 is 22.3 Å². The molecule has 1 aromatic heterocycles. The molecule has 3 rings (SSSR count). The number of amides is 2. The van der Waals surface area contributed by atoms with Gasteiger partial charge in [0.25, 0.3) is 11.5 Å². The van der Waals surface area contributed by atoms with E-state index in [1.807, 2.05) is 11.9 Å². The molecule has 0 aromatic carbocycles. The molecule has 8 N–H and O–H groups in total. The highest BCUT2D eigenvalue weighted by Gasteiger charge is 2.51. The van der Waals surface area contributed by atoms with Crippen molar-refractivity contribution in [1.82, 2.24) is 14.9 Å². The minimum atomic E-state index is -1.77. The van der Waals surface area contributed by atoms with Crippen molar-refractivity contribution < 1.29 is 44.2 Å². The molecule has 0 aliphatic carbocycles. The molecule has 40 heavy (non-hydrogen) atoms. The number of ether oxygens (including phenoxy) is 3. The molecular weight excluding hydrogens is 532 g/mol. The van der Waals surface area contributed by atoms with Gasteiger partial charge in [0.1, 0.15) is 24.4 Å². The molecule has 2 amide bonds. The summed E-state index contributed by atoms with van der Waals surface area (Å²) in [6.45, 7) is 3.72. The lowest BCUT2D eigenvalue weighted by Crippen LogP contribution is -2.53. The zero-order chi connectivity index (χ0) is 29.6. The van der Waals surface area contributed by atoms with Crippen LogP contribution >= 0.6 is 0 Å². The average molecular weight is 571 g/mol. The second-order valence-electron chi connectivity index (χ2n) is 9.93. The van der Waals surface area contributed by atoms with Crippen LogP contribution in [0.2, 0.25) is 0 Å². The minimum Gasteiger partial charge on any atom is -0.456 e. The molecule has 9 atom stereocenters. The van der Waals surface area contributed by atoms with Crippen LogP contribution in [0.3, 0.4) is 0 Å². The Morgan fingerprint density at radius 1 is 1.23 bits per heavy atom. The number of unbranched alkanes of at least 4 members (excludes halogenated alkanes) is 1. The van der Waals surface area contributed by atoms with Crippen LogP contribution in [0.15, 0.2) is 33.7 Å². The number of hydrogen-bond donors (Lipinski definition) is 7. The minimum absolute atomic E-state index is 0.235. The van der Waals surface area contributed by atoms with E-state index in [2.05, 4.69) is 12.2 Å². The molecule has 15 heteroatoms. The maximum Gasteiger partial charge on any atom is 0.330 e. The Labute approximate surface area is 229 Å². The standard InChI is InChI=1S/C25H38N4O11/c1-3-5-6-12(4-2)10-27-22(36)15-9-14(31)18(34)24(38-15)40-20(21(26)35)19-13(11-30)17(33)23(39-19)29-8-7-16(32)28-25(29)37/h7-9,12-14,17-20,23-24,30-31,33-34H,3-6,10-11H2,1-2H3,(H2,26,35)(H,27,36)(H,28,32,37)/t12?,13-,14-,17+,18-,19-,20+,23+,24+/m0/s1. The number of nitrogens with zero attached hydrogens (tertiary/aromatic N) is 1. The van der Waals surface area contributed by atoms with Gasteiger partial charge in [0.05, 0.1) is 6.61 Å². The maximum absolute atomic E-state index is 12.8. The van der Waals surface area contributed by atoms with Crippen molar-refractivity contribution in [2.45, 2.75) is 82.6 Å². The number of rotatable bonds is 13. The Kier molecular flexibility index (Phi) is 11.0. The van der Waals surface area contributed by atoms with Crippen LogP contribution in [0.5, 0.6) is 0 Å². The first-order chi connectivity index (χ1) is 19.0. The van der Waals surface area contributed by atoms with E-state index in [1.165, 1.54) is 0 Å². The maximum atomic E-state index is 12.8. The Bertz CT molecular complexity index is 1170. The number of aliphatic hydroxyl groups excluding tert-OH is 4. The number of aliphatic hydroxyl groups is 4. The van der Waals surface area contributed by atoms with E-state index < -0.39 is 78.6 Å². The molecule has 1 aromatic rings. The summed E-state index contributed by atoms with van der Waals surface area (Å²) in [6, 6.07) is 1.01. The molecule has 1 fully saturated rings. The number of primary amides is 1. The van der Waals surface area contributed by atoms with E-state index >= 15 is 0 Å². The molecule has 3 heterocycles. The fraction of sp³-hybridized carbons (Fsp3) is 0.680. The molecule has 0 bridgehead atoms. The lowest BCUT2D eigenvalue weighted by Gasteiger charge is -2.35. The number of hydrogen-bond acceptors (Lipinski definition) is 11. The molecule has 1 saturated heterocycles. The van der Waals surface area contributed by atoms with E-state index in [9.17, 15) is 39.6 Å². The first-order valence-electron chi connectivity index (χ1n) is 13.3. The zero-order valence-electron chi connectivity index (χ0n) is 22.3. The van der Waals surface area contributed by atoms with Crippen LogP contribution in [0, 0.1) is 11.8 Å². The second kappa shape index (κ2) is 14.0. The number of H-pyrrole nitrogens is 1. The van der Waals surface area contributed by atoms with Gasteiger partial charge >= 0.3 is 5.69 Å². The fourth-order valence-corrected chi connectivity index (χ4v) is 4.72. The highest BCUT2D eigenvalue weighted by Crippen LogP contribution is 2.36. The molecular formula is C25H38N4O11. The van der Waals surface area contributed by atoms with Gasteiger partial charge in [-0.15, -0.1) is 0 Å². The third-order valence-electron chi connectivity index (χ3n) is 7.16. The summed E-state index contributed by atoms with van der Waals surface area (Å²) in [6.07, 6.45) is -5.47. The number of carbonyl (C=O) groups is 2. The van der Waals surface area contributed by atoms with Crippen molar-refractivity contribution in [3.05, 3.63) is 44.9 Å². The number of aromatic amines is 1. The summed E-state index contributed by atoms with van der Waals surface area (Å²) in [5.41, 5.74) is 3.92. The van der Waals surface area contributed by atoms with Crippen molar-refractivity contribution in [3.63, 3.8) is 0 Å². The molecule has 15 nitrogen and oxygen atoms in total. The van der Waals surface area contributed by atoms with Crippen LogP contribution in [0.25, 0.3) is 0 Å². The van der Waals surface area contributed by atoms with Crippen LogP contribution in [-0.4, -0.2) is 91.8 Å². The van der Waals surface area contributed by atoms with Gasteiger partial charge in [0.2, 0.25) is 12.2 Å². The third-order valence-corrected chi connectivity index (χ3v) is 7.16. The summed E-state index contributed by atoms with van der Waals surface area (Å²) in [5.74, 6) is -3.13. The van der Waals surface area contributed by atoms with Crippen molar-refractivity contribution in [1.29, 1.82) is 0 Å². The van der Waals surface area contributed by atoms with Crippen molar-refractivity contribution >= 4 is 11.8 Å². The fourth-order valence-electron chi connectivity index (χ4n) is 4.72. The smallest absolute Gasteiger partial charge is 0.330 e. The molecule has 224 valence electrons. The van der Waals surface area contributed by atoms with Crippen molar-refractivity contribution in [2.75, 3.05) is 13.2 Å². The quantitative estimate of drug-likeness (QED) is 0.132. The molecule has 2 aliphatic heterocycles. The van der Waals surface area contributed by atoms with Gasteiger partial charge < -0.3 is 45.7 Å². The number of nitrogens with two attached hydrogens (primary N) is 1. The van der Waals surface area contributed by atoms with E-state index in [4.69, 9.17) is 19.9 Å². The first kappa shape index (κ1) is 31.4. The van der Waals surface area contributed by atoms with Gasteiger partial charge in [0.15, 0.2) is 18.1 Å². The summed E-state index contributed by atoms with van der Waals surface area (Å²) < 4.78 is 17.7. The van der Waals surface area contributed by atoms with Crippen LogP contribution in [0.1, 0.15) is 45.8 Å². The van der Waals surface area contributed by atoms with E-state index in [0.717, 1.165) is 48.6 Å². The third kappa shape index (κ3) is 7.16. The van der Waals surface area contributed by atoms with Crippen LogP contribution in [0.4, 0.5) is 0 Å². The van der Waals surface area contributed by atoms with Crippen LogP contribution in [-0.2, 0) is 23.8 Å². The zero-order valence-corrected chi connectivity index (χ0v) is 22.3. The topological polar surface area (TPSA) is 236 Å². The van der Waals surface area contributed by atoms with Gasteiger partial charge in [-0.05, 0) is 18.4 Å². The molecule has 1 unspecified atom stereocenters. The summed E-state index contributed by atoms with van der Waals surface area (Å²) >= 11 is 0.